The molecule has 2 saturated heterocycles. The third kappa shape index (κ3) is 5.67. The smallest absolute Gasteiger partial charge is 0.194 e. The molecule has 0 aliphatic carbocycles. The fraction of sp³-hybridized carbons (Fsp3) is 0.652. The Kier molecular flexibility index (Phi) is 7.63. The molecule has 0 spiro atoms. The molecule has 1 N–H and O–H groups in total. The lowest BCUT2D eigenvalue weighted by atomic mass is 9.97. The minimum Gasteiger partial charge on any atom is -0.370 e. The average Bonchev–Trinajstić information content (AvgIpc) is 3.47. The second kappa shape index (κ2) is 10.6. The van der Waals surface area contributed by atoms with Crippen LogP contribution in [0.1, 0.15) is 49.3 Å². The third-order valence-electron chi connectivity index (χ3n) is 6.34. The van der Waals surface area contributed by atoms with Crippen LogP contribution in [-0.2, 0) is 11.8 Å². The van der Waals surface area contributed by atoms with Crippen LogP contribution in [0.15, 0.2) is 34.9 Å². The number of aryl methyl sites for hydroxylation is 1. The van der Waals surface area contributed by atoms with Gasteiger partial charge < -0.3 is 15.0 Å². The standard InChI is InChI=1S/C23H36N6OS/c1-4-24-23(29-11-12-30-21(17-29)19-14-26-27(3)16-19)25-15-20(22-6-5-13-31-22)28-9-7-18(2)8-10-28/h5-6,13-14,16,18,20-21H,4,7-12,15,17H2,1-3H3,(H,24,25). The third-order valence-corrected chi connectivity index (χ3v) is 7.32. The molecule has 31 heavy (non-hydrogen) atoms. The zero-order valence-corrected chi connectivity index (χ0v) is 19.9. The van der Waals surface area contributed by atoms with Crippen molar-refractivity contribution in [2.45, 2.75) is 38.8 Å². The molecule has 0 radical (unpaired) electrons. The van der Waals surface area contributed by atoms with Crippen molar-refractivity contribution < 1.29 is 4.74 Å². The van der Waals surface area contributed by atoms with Crippen LogP contribution in [0.25, 0.3) is 0 Å². The van der Waals surface area contributed by atoms with Crippen molar-refractivity contribution in [1.82, 2.24) is 24.9 Å². The molecular formula is C23H36N6OS. The summed E-state index contributed by atoms with van der Waals surface area (Å²) in [5.74, 6) is 1.82. The molecule has 0 bridgehead atoms. The maximum atomic E-state index is 6.04. The number of aromatic nitrogens is 2. The quantitative estimate of drug-likeness (QED) is 0.547. The van der Waals surface area contributed by atoms with Crippen molar-refractivity contribution in [3.05, 3.63) is 40.3 Å². The Labute approximate surface area is 190 Å². The molecule has 2 aromatic rings. The van der Waals surface area contributed by atoms with Crippen molar-refractivity contribution >= 4 is 17.3 Å². The number of rotatable bonds is 6. The van der Waals surface area contributed by atoms with Gasteiger partial charge >= 0.3 is 0 Å². The van der Waals surface area contributed by atoms with Crippen LogP contribution < -0.4 is 5.32 Å². The van der Waals surface area contributed by atoms with Gasteiger partial charge in [0, 0.05) is 36.8 Å². The lowest BCUT2D eigenvalue weighted by molar-refractivity contribution is -0.00809. The van der Waals surface area contributed by atoms with E-state index in [1.54, 1.807) is 0 Å². The van der Waals surface area contributed by atoms with E-state index < -0.39 is 0 Å². The van der Waals surface area contributed by atoms with Gasteiger partial charge in [0.2, 0.25) is 0 Å². The number of guanidine groups is 1. The Bertz CT molecular complexity index is 827. The van der Waals surface area contributed by atoms with E-state index in [2.05, 4.69) is 51.6 Å². The minimum absolute atomic E-state index is 0.0305. The van der Waals surface area contributed by atoms with Crippen LogP contribution in [0.3, 0.4) is 0 Å². The maximum absolute atomic E-state index is 6.04. The zero-order valence-electron chi connectivity index (χ0n) is 19.0. The van der Waals surface area contributed by atoms with E-state index in [-0.39, 0.29) is 6.10 Å². The van der Waals surface area contributed by atoms with Crippen molar-refractivity contribution in [1.29, 1.82) is 0 Å². The summed E-state index contributed by atoms with van der Waals surface area (Å²) in [6.45, 7) is 10.8. The largest absolute Gasteiger partial charge is 0.370 e. The molecule has 0 saturated carbocycles. The molecule has 2 unspecified atom stereocenters. The Morgan fingerprint density at radius 1 is 1.35 bits per heavy atom. The van der Waals surface area contributed by atoms with Crippen LogP contribution in [0.4, 0.5) is 0 Å². The van der Waals surface area contributed by atoms with E-state index in [0.29, 0.717) is 12.6 Å². The topological polar surface area (TPSA) is 57.9 Å². The summed E-state index contributed by atoms with van der Waals surface area (Å²) < 4.78 is 7.88. The number of morpholine rings is 1. The molecule has 2 aromatic heterocycles. The highest BCUT2D eigenvalue weighted by molar-refractivity contribution is 7.10. The molecule has 0 amide bonds. The van der Waals surface area contributed by atoms with Crippen molar-refractivity contribution in [2.75, 3.05) is 45.9 Å². The molecule has 170 valence electrons. The molecule has 8 heteroatoms. The SMILES string of the molecule is CCNC(=NCC(c1cccs1)N1CCC(C)CC1)N1CCOC(c2cnn(C)c2)C1. The second-order valence-corrected chi connectivity index (χ2v) is 9.68. The Morgan fingerprint density at radius 3 is 2.87 bits per heavy atom. The first-order valence-electron chi connectivity index (χ1n) is 11.5. The highest BCUT2D eigenvalue weighted by Crippen LogP contribution is 2.30. The van der Waals surface area contributed by atoms with Gasteiger partial charge in [0.1, 0.15) is 6.10 Å². The van der Waals surface area contributed by atoms with Gasteiger partial charge in [-0.3, -0.25) is 14.6 Å². The highest BCUT2D eigenvalue weighted by atomic mass is 32.1. The molecule has 2 fully saturated rings. The van der Waals surface area contributed by atoms with Gasteiger partial charge in [-0.2, -0.15) is 5.10 Å². The number of nitrogens with one attached hydrogen (secondary N) is 1. The molecule has 0 aromatic carbocycles. The summed E-state index contributed by atoms with van der Waals surface area (Å²) in [6, 6.07) is 4.79. The van der Waals surface area contributed by atoms with Crippen LogP contribution in [-0.4, -0.2) is 71.4 Å². The van der Waals surface area contributed by atoms with Crippen molar-refractivity contribution in [3.8, 4) is 0 Å². The van der Waals surface area contributed by atoms with Gasteiger partial charge in [-0.1, -0.05) is 13.0 Å². The Morgan fingerprint density at radius 2 is 2.19 bits per heavy atom. The predicted octanol–water partition coefficient (Wildman–Crippen LogP) is 3.29. The molecule has 2 atom stereocenters. The lowest BCUT2D eigenvalue weighted by Crippen LogP contribution is -2.48. The van der Waals surface area contributed by atoms with E-state index in [0.717, 1.165) is 56.7 Å². The fourth-order valence-electron chi connectivity index (χ4n) is 4.45. The monoisotopic (exact) mass is 444 g/mol. The number of piperidine rings is 1. The Hall–Kier alpha value is -1.90. The molecule has 4 heterocycles. The fourth-order valence-corrected chi connectivity index (χ4v) is 5.31. The van der Waals surface area contributed by atoms with Gasteiger partial charge in [0.25, 0.3) is 0 Å². The zero-order chi connectivity index (χ0) is 21.6. The van der Waals surface area contributed by atoms with Gasteiger partial charge in [0.15, 0.2) is 5.96 Å². The van der Waals surface area contributed by atoms with Crippen LogP contribution >= 0.6 is 11.3 Å². The summed E-state index contributed by atoms with van der Waals surface area (Å²) in [5, 5.41) is 10.0. The van der Waals surface area contributed by atoms with Crippen LogP contribution in [0, 0.1) is 5.92 Å². The van der Waals surface area contributed by atoms with Gasteiger partial charge in [-0.25, -0.2) is 0 Å². The van der Waals surface area contributed by atoms with Crippen molar-refractivity contribution in [3.63, 3.8) is 0 Å². The van der Waals surface area contributed by atoms with E-state index in [1.165, 1.54) is 17.7 Å². The number of thiophene rings is 1. The van der Waals surface area contributed by atoms with E-state index in [4.69, 9.17) is 9.73 Å². The molecular weight excluding hydrogens is 408 g/mol. The first-order valence-corrected chi connectivity index (χ1v) is 12.4. The summed E-state index contributed by atoms with van der Waals surface area (Å²) in [5.41, 5.74) is 1.13. The number of hydrogen-bond acceptors (Lipinski definition) is 5. The van der Waals surface area contributed by atoms with E-state index >= 15 is 0 Å². The normalized spacial score (nSPS) is 22.6. The predicted molar refractivity (Wildman–Crippen MR) is 126 cm³/mol. The number of aliphatic imine (C=N–C) groups is 1. The second-order valence-electron chi connectivity index (χ2n) is 8.70. The summed E-state index contributed by atoms with van der Waals surface area (Å²) in [6.07, 6.45) is 6.54. The number of nitrogens with zero attached hydrogens (tertiary/aromatic N) is 5. The lowest BCUT2D eigenvalue weighted by Gasteiger charge is -2.37. The molecule has 2 aliphatic rings. The summed E-state index contributed by atoms with van der Waals surface area (Å²) >= 11 is 1.85. The van der Waals surface area contributed by atoms with Crippen LogP contribution in [0.2, 0.25) is 0 Å². The van der Waals surface area contributed by atoms with Crippen LogP contribution in [0.5, 0.6) is 0 Å². The van der Waals surface area contributed by atoms with Gasteiger partial charge in [-0.15, -0.1) is 11.3 Å². The number of likely N-dealkylation sites (tertiary alicyclic amines) is 1. The summed E-state index contributed by atoms with van der Waals surface area (Å²) in [7, 11) is 1.95. The van der Waals surface area contributed by atoms with Crippen molar-refractivity contribution in [2.24, 2.45) is 18.0 Å². The Balaban J connectivity index is 1.48. The summed E-state index contributed by atoms with van der Waals surface area (Å²) in [4.78, 5) is 11.5. The molecule has 7 nitrogen and oxygen atoms in total. The first kappa shape index (κ1) is 22.3. The van der Waals surface area contributed by atoms with E-state index in [9.17, 15) is 0 Å². The average molecular weight is 445 g/mol. The van der Waals surface area contributed by atoms with E-state index in [1.807, 2.05) is 35.5 Å². The number of hydrogen-bond donors (Lipinski definition) is 1. The molecule has 2 aliphatic heterocycles. The number of ether oxygens (including phenoxy) is 1. The molecule has 4 rings (SSSR count). The maximum Gasteiger partial charge on any atom is 0.194 e. The van der Waals surface area contributed by atoms with Gasteiger partial charge in [-0.05, 0) is 50.2 Å². The van der Waals surface area contributed by atoms with Gasteiger partial charge in [0.05, 0.1) is 31.9 Å². The highest BCUT2D eigenvalue weighted by Gasteiger charge is 2.28. The minimum atomic E-state index is 0.0305. The first-order chi connectivity index (χ1) is 15.1.